The molecule has 0 N–H and O–H groups in total. The van der Waals surface area contributed by atoms with Crippen LogP contribution in [0.15, 0.2) is 0 Å². The van der Waals surface area contributed by atoms with Crippen LogP contribution in [0.25, 0.3) is 0 Å². The maximum absolute atomic E-state index is 5.06. The highest BCUT2D eigenvalue weighted by molar-refractivity contribution is 4.74. The molecule has 1 aliphatic rings. The second kappa shape index (κ2) is 4.80. The van der Waals surface area contributed by atoms with Crippen molar-refractivity contribution in [3.63, 3.8) is 0 Å². The molecule has 0 aliphatic carbocycles. The summed E-state index contributed by atoms with van der Waals surface area (Å²) in [5, 5.41) is 0. The van der Waals surface area contributed by atoms with Crippen molar-refractivity contribution in [1.82, 2.24) is 0 Å². The average molecular weight is 132 g/mol. The molecule has 0 bridgehead atoms. The molecule has 1 aliphatic heterocycles. The number of hydrogen-bond acceptors (Lipinski definition) is 1. The summed E-state index contributed by atoms with van der Waals surface area (Å²) in [6.45, 7) is 5.44. The summed E-state index contributed by atoms with van der Waals surface area (Å²) in [4.78, 5) is 0. The largest absolute Gasteiger partial charge is 0.373 e. The Hall–Kier alpha value is -0.0400. The number of hydrogen-bond donors (Lipinski definition) is 0. The third-order valence-corrected chi connectivity index (χ3v) is 1.64. The second-order valence-electron chi connectivity index (χ2n) is 2.26. The molecule has 0 saturated carbocycles. The summed E-state index contributed by atoms with van der Waals surface area (Å²) >= 11 is 0. The smallest absolute Gasteiger partial charge is 0.0835 e. The topological polar surface area (TPSA) is 12.5 Å². The summed E-state index contributed by atoms with van der Waals surface area (Å²) in [6, 6.07) is 0. The van der Waals surface area contributed by atoms with E-state index in [2.05, 4.69) is 13.8 Å². The van der Waals surface area contributed by atoms with E-state index in [1.54, 1.807) is 0 Å². The first-order valence-corrected chi connectivity index (χ1v) is 2.96. The van der Waals surface area contributed by atoms with Crippen molar-refractivity contribution < 1.29 is 4.74 Å². The van der Waals surface area contributed by atoms with Crippen molar-refractivity contribution in [3.05, 3.63) is 0 Å². The van der Waals surface area contributed by atoms with Gasteiger partial charge in [0.05, 0.1) is 12.7 Å². The highest BCUT2D eigenvalue weighted by Crippen LogP contribution is 2.21. The highest BCUT2D eigenvalue weighted by Gasteiger charge is 2.27. The molecule has 58 valence electrons. The second-order valence-corrected chi connectivity index (χ2v) is 2.26. The van der Waals surface area contributed by atoms with E-state index in [0.29, 0.717) is 6.10 Å². The van der Waals surface area contributed by atoms with E-state index in [-0.39, 0.29) is 14.9 Å². The lowest BCUT2D eigenvalue weighted by atomic mass is 10.1. The van der Waals surface area contributed by atoms with Crippen molar-refractivity contribution in [3.8, 4) is 0 Å². The maximum Gasteiger partial charge on any atom is 0.0835 e. The minimum Gasteiger partial charge on any atom is -0.373 e. The maximum atomic E-state index is 5.06. The van der Waals surface area contributed by atoms with Crippen LogP contribution in [-0.4, -0.2) is 12.7 Å². The first-order chi connectivity index (χ1) is 3.34. The van der Waals surface area contributed by atoms with E-state index in [0.717, 1.165) is 12.5 Å². The zero-order chi connectivity index (χ0) is 5.28. The van der Waals surface area contributed by atoms with Gasteiger partial charge in [0.1, 0.15) is 0 Å². The third kappa shape index (κ3) is 3.52. The van der Waals surface area contributed by atoms with Crippen LogP contribution in [0.1, 0.15) is 35.1 Å². The summed E-state index contributed by atoms with van der Waals surface area (Å²) in [6.07, 6.45) is 1.87. The van der Waals surface area contributed by atoms with Crippen LogP contribution >= 0.6 is 0 Å². The van der Waals surface area contributed by atoms with E-state index >= 15 is 0 Å². The van der Waals surface area contributed by atoms with E-state index < -0.39 is 0 Å². The molecule has 1 nitrogen and oxygen atoms in total. The SMILES string of the molecule is C.C.CCC(C)C1CO1. The summed E-state index contributed by atoms with van der Waals surface area (Å²) in [5.41, 5.74) is 0. The van der Waals surface area contributed by atoms with Crippen molar-refractivity contribution in [1.29, 1.82) is 0 Å². The fraction of sp³-hybridized carbons (Fsp3) is 1.00. The van der Waals surface area contributed by atoms with Gasteiger partial charge in [-0.15, -0.1) is 0 Å². The Bertz CT molecular complexity index is 57.6. The molecule has 2 unspecified atom stereocenters. The van der Waals surface area contributed by atoms with Gasteiger partial charge in [-0.25, -0.2) is 0 Å². The Morgan fingerprint density at radius 3 is 2.11 bits per heavy atom. The van der Waals surface area contributed by atoms with Crippen LogP contribution in [0.2, 0.25) is 0 Å². The number of ether oxygens (including phenoxy) is 1. The van der Waals surface area contributed by atoms with Gasteiger partial charge in [-0.3, -0.25) is 0 Å². The lowest BCUT2D eigenvalue weighted by Crippen LogP contribution is -1.99. The van der Waals surface area contributed by atoms with Gasteiger partial charge in [-0.2, -0.15) is 0 Å². The molecule has 9 heavy (non-hydrogen) atoms. The Kier molecular flexibility index (Phi) is 6.25. The number of rotatable bonds is 2. The van der Waals surface area contributed by atoms with Crippen LogP contribution in [0.5, 0.6) is 0 Å². The summed E-state index contributed by atoms with van der Waals surface area (Å²) in [7, 11) is 0. The number of epoxide rings is 1. The lowest BCUT2D eigenvalue weighted by molar-refractivity contribution is 0.337. The quantitative estimate of drug-likeness (QED) is 0.526. The molecule has 0 aromatic heterocycles. The predicted molar refractivity (Wildman–Crippen MR) is 42.7 cm³/mol. The molecular formula is C8H20O. The van der Waals surface area contributed by atoms with Gasteiger partial charge in [0, 0.05) is 0 Å². The van der Waals surface area contributed by atoms with Crippen LogP contribution in [0, 0.1) is 5.92 Å². The Balaban J connectivity index is 0. The molecule has 0 aromatic rings. The highest BCUT2D eigenvalue weighted by atomic mass is 16.6. The monoisotopic (exact) mass is 132 g/mol. The third-order valence-electron chi connectivity index (χ3n) is 1.64. The van der Waals surface area contributed by atoms with Gasteiger partial charge < -0.3 is 4.74 Å². The Morgan fingerprint density at radius 1 is 1.56 bits per heavy atom. The van der Waals surface area contributed by atoms with Crippen molar-refractivity contribution >= 4 is 0 Å². The van der Waals surface area contributed by atoms with Crippen LogP contribution in [0.4, 0.5) is 0 Å². The van der Waals surface area contributed by atoms with Crippen LogP contribution in [0.3, 0.4) is 0 Å². The van der Waals surface area contributed by atoms with Crippen molar-refractivity contribution in [2.45, 2.75) is 41.2 Å². The van der Waals surface area contributed by atoms with Crippen LogP contribution < -0.4 is 0 Å². The fourth-order valence-electron chi connectivity index (χ4n) is 0.647. The van der Waals surface area contributed by atoms with E-state index in [1.807, 2.05) is 0 Å². The fourth-order valence-corrected chi connectivity index (χ4v) is 0.647. The van der Waals surface area contributed by atoms with E-state index in [4.69, 9.17) is 4.74 Å². The molecule has 0 aromatic carbocycles. The summed E-state index contributed by atoms with van der Waals surface area (Å²) < 4.78 is 5.06. The van der Waals surface area contributed by atoms with Gasteiger partial charge in [0.25, 0.3) is 0 Å². The molecular weight excluding hydrogens is 112 g/mol. The Morgan fingerprint density at radius 2 is 2.00 bits per heavy atom. The Labute approximate surface area is 59.4 Å². The van der Waals surface area contributed by atoms with Gasteiger partial charge in [-0.05, 0) is 5.92 Å². The average Bonchev–Trinajstić information content (AvgIpc) is 2.44. The van der Waals surface area contributed by atoms with Crippen LogP contribution in [-0.2, 0) is 4.74 Å². The van der Waals surface area contributed by atoms with Gasteiger partial charge in [0.2, 0.25) is 0 Å². The molecule has 0 spiro atoms. The summed E-state index contributed by atoms with van der Waals surface area (Å²) in [5.74, 6) is 0.792. The molecule has 1 saturated heterocycles. The predicted octanol–water partition coefficient (Wildman–Crippen LogP) is 2.70. The molecule has 2 atom stereocenters. The zero-order valence-electron chi connectivity index (χ0n) is 4.98. The van der Waals surface area contributed by atoms with Gasteiger partial charge >= 0.3 is 0 Å². The first kappa shape index (κ1) is 11.7. The molecule has 1 fully saturated rings. The van der Waals surface area contributed by atoms with Crippen molar-refractivity contribution in [2.24, 2.45) is 5.92 Å². The molecule has 1 heterocycles. The zero-order valence-corrected chi connectivity index (χ0v) is 4.98. The molecule has 1 rings (SSSR count). The lowest BCUT2D eigenvalue weighted by Gasteiger charge is -1.98. The normalized spacial score (nSPS) is 25.3. The van der Waals surface area contributed by atoms with Crippen molar-refractivity contribution in [2.75, 3.05) is 6.61 Å². The van der Waals surface area contributed by atoms with Gasteiger partial charge in [0.15, 0.2) is 0 Å². The van der Waals surface area contributed by atoms with E-state index in [1.165, 1.54) is 6.42 Å². The molecule has 0 radical (unpaired) electrons. The van der Waals surface area contributed by atoms with Gasteiger partial charge in [-0.1, -0.05) is 35.1 Å². The molecule has 1 heteroatoms. The first-order valence-electron chi connectivity index (χ1n) is 2.96. The molecule has 0 amide bonds. The standard InChI is InChI=1S/C6H12O.2CH4/c1-3-5(2)6-4-7-6;;/h5-6H,3-4H2,1-2H3;2*1H4. The minimum atomic E-state index is 0. The minimum absolute atomic E-state index is 0. The van der Waals surface area contributed by atoms with E-state index in [9.17, 15) is 0 Å².